The zero-order chi connectivity index (χ0) is 40.0. The molecular weight excluding hydrogens is 747 g/mol. The van der Waals surface area contributed by atoms with Gasteiger partial charge in [0, 0.05) is 37.9 Å². The van der Waals surface area contributed by atoms with E-state index in [9.17, 15) is 0 Å². The number of benzene rings is 9. The minimum Gasteiger partial charge on any atom is -0.456 e. The van der Waals surface area contributed by atoms with Crippen LogP contribution in [0.5, 0.6) is 0 Å². The number of para-hydroxylation sites is 4. The van der Waals surface area contributed by atoms with Crippen LogP contribution in [-0.2, 0) is 0 Å². The number of rotatable bonds is 5. The molecule has 0 aliphatic carbocycles. The van der Waals surface area contributed by atoms with Crippen LogP contribution in [0, 0.1) is 0 Å². The molecule has 9 aromatic carbocycles. The summed E-state index contributed by atoms with van der Waals surface area (Å²) in [6.07, 6.45) is 0. The van der Waals surface area contributed by atoms with Gasteiger partial charge in [-0.2, -0.15) is 9.97 Å². The highest BCUT2D eigenvalue weighted by Gasteiger charge is 2.25. The lowest BCUT2D eigenvalue weighted by Crippen LogP contribution is -2.08. The Hall–Kier alpha value is -8.35. The lowest BCUT2D eigenvalue weighted by atomic mass is 10.0. The summed E-state index contributed by atoms with van der Waals surface area (Å²) in [4.78, 5) is 16.4. The fourth-order valence-corrected chi connectivity index (χ4v) is 9.45. The largest absolute Gasteiger partial charge is 0.456 e. The van der Waals surface area contributed by atoms with Gasteiger partial charge in [0.2, 0.25) is 5.95 Å². The molecule has 13 rings (SSSR count). The van der Waals surface area contributed by atoms with Gasteiger partial charge in [-0.05, 0) is 76.5 Å². The van der Waals surface area contributed by atoms with E-state index in [1.54, 1.807) is 0 Å². The first kappa shape index (κ1) is 33.6. The van der Waals surface area contributed by atoms with E-state index in [2.05, 4.69) is 191 Å². The first-order valence-corrected chi connectivity index (χ1v) is 20.5. The highest BCUT2D eigenvalue weighted by atomic mass is 16.3. The number of hydrogen-bond acceptors (Lipinski definition) is 4. The van der Waals surface area contributed by atoms with Crippen molar-refractivity contribution in [3.05, 3.63) is 200 Å². The van der Waals surface area contributed by atoms with Crippen molar-refractivity contribution in [2.45, 2.75) is 0 Å². The minimum absolute atomic E-state index is 0.534. The standard InChI is InChI=1S/C55H33N5O/c1-2-15-34(16-3-1)35-19-14-20-38(31-35)53-56-54(58-55(57-53)60-45-26-11-6-21-39(45)40-22-7-12-27-46(40)60)52-47(29-30-50-51(52)42-24-9-13-28-49(42)61-50)59-44-25-10-8-23-41(44)43-32-36-17-4-5-18-37(36)33-48(43)59/h1-33H. The van der Waals surface area contributed by atoms with E-state index in [0.29, 0.717) is 17.6 Å². The number of aromatic nitrogens is 5. The number of hydrogen-bond donors (Lipinski definition) is 0. The van der Waals surface area contributed by atoms with Gasteiger partial charge < -0.3 is 8.98 Å². The van der Waals surface area contributed by atoms with E-state index in [1.807, 2.05) is 18.2 Å². The molecule has 4 aromatic heterocycles. The molecule has 0 saturated heterocycles. The number of nitrogens with zero attached hydrogens (tertiary/aromatic N) is 5. The lowest BCUT2D eigenvalue weighted by molar-refractivity contribution is 0.669. The van der Waals surface area contributed by atoms with E-state index in [4.69, 9.17) is 19.4 Å². The summed E-state index contributed by atoms with van der Waals surface area (Å²) in [7, 11) is 0. The first-order chi connectivity index (χ1) is 30.2. The smallest absolute Gasteiger partial charge is 0.238 e. The van der Waals surface area contributed by atoms with Crippen molar-refractivity contribution in [2.75, 3.05) is 0 Å². The summed E-state index contributed by atoms with van der Waals surface area (Å²) in [5.41, 5.74) is 10.7. The average Bonchev–Trinajstić information content (AvgIpc) is 3.98. The topological polar surface area (TPSA) is 61.7 Å². The molecule has 13 aromatic rings. The van der Waals surface area contributed by atoms with Crippen molar-refractivity contribution in [3.63, 3.8) is 0 Å². The maximum absolute atomic E-state index is 6.63. The van der Waals surface area contributed by atoms with Gasteiger partial charge in [-0.25, -0.2) is 4.98 Å². The van der Waals surface area contributed by atoms with Crippen LogP contribution >= 0.6 is 0 Å². The molecule has 284 valence electrons. The van der Waals surface area contributed by atoms with Crippen molar-refractivity contribution in [3.8, 4) is 45.5 Å². The third-order valence-electron chi connectivity index (χ3n) is 12.2. The third-order valence-corrected chi connectivity index (χ3v) is 12.2. The van der Waals surface area contributed by atoms with Crippen LogP contribution in [0.2, 0.25) is 0 Å². The molecule has 6 heteroatoms. The second-order valence-electron chi connectivity index (χ2n) is 15.6. The number of fused-ring (bicyclic) bond motifs is 10. The average molecular weight is 780 g/mol. The van der Waals surface area contributed by atoms with E-state index < -0.39 is 0 Å². The molecule has 0 fully saturated rings. The molecule has 0 bridgehead atoms. The summed E-state index contributed by atoms with van der Waals surface area (Å²) in [6.45, 7) is 0. The van der Waals surface area contributed by atoms with E-state index in [1.165, 1.54) is 21.5 Å². The predicted molar refractivity (Wildman–Crippen MR) is 250 cm³/mol. The van der Waals surface area contributed by atoms with E-state index in [0.717, 1.165) is 82.7 Å². The maximum atomic E-state index is 6.63. The van der Waals surface area contributed by atoms with Gasteiger partial charge in [0.1, 0.15) is 11.2 Å². The summed E-state index contributed by atoms with van der Waals surface area (Å²) in [5.74, 6) is 1.65. The molecule has 61 heavy (non-hydrogen) atoms. The Morgan fingerprint density at radius 2 is 0.918 bits per heavy atom. The van der Waals surface area contributed by atoms with Crippen molar-refractivity contribution < 1.29 is 4.42 Å². The van der Waals surface area contributed by atoms with Gasteiger partial charge in [-0.1, -0.05) is 146 Å². The van der Waals surface area contributed by atoms with Crippen LogP contribution in [0.3, 0.4) is 0 Å². The SMILES string of the molecule is c1ccc(-c2cccc(-c3nc(-c4c(-n5c6ccccc6c6cc7ccccc7cc65)ccc5oc6ccccc6c45)nc(-n4c5ccccc5c5ccccc54)n3)c2)cc1. The second-order valence-corrected chi connectivity index (χ2v) is 15.6. The normalized spacial score (nSPS) is 11.9. The van der Waals surface area contributed by atoms with E-state index in [-0.39, 0.29) is 0 Å². The van der Waals surface area contributed by atoms with Crippen LogP contribution in [-0.4, -0.2) is 24.1 Å². The quantitative estimate of drug-likeness (QED) is 0.175. The summed E-state index contributed by atoms with van der Waals surface area (Å²) >= 11 is 0. The molecular formula is C55H33N5O. The zero-order valence-corrected chi connectivity index (χ0v) is 32.7. The predicted octanol–water partition coefficient (Wildman–Crippen LogP) is 14.1. The fourth-order valence-electron chi connectivity index (χ4n) is 9.45. The molecule has 0 N–H and O–H groups in total. The Balaban J connectivity index is 1.18. The minimum atomic E-state index is 0.534. The van der Waals surface area contributed by atoms with Gasteiger partial charge in [0.15, 0.2) is 11.6 Å². The molecule has 0 saturated carbocycles. The number of furan rings is 1. The maximum Gasteiger partial charge on any atom is 0.238 e. The zero-order valence-electron chi connectivity index (χ0n) is 32.7. The van der Waals surface area contributed by atoms with Gasteiger partial charge >= 0.3 is 0 Å². The Labute approximate surface area is 349 Å². The monoisotopic (exact) mass is 779 g/mol. The van der Waals surface area contributed by atoms with Crippen molar-refractivity contribution in [1.82, 2.24) is 24.1 Å². The second kappa shape index (κ2) is 13.1. The Morgan fingerprint density at radius 1 is 0.344 bits per heavy atom. The van der Waals surface area contributed by atoms with Crippen LogP contribution in [0.1, 0.15) is 0 Å². The molecule has 0 atom stereocenters. The fraction of sp³-hybridized carbons (Fsp3) is 0. The third kappa shape index (κ3) is 5.12. The van der Waals surface area contributed by atoms with Gasteiger partial charge in [0.25, 0.3) is 0 Å². The Kier molecular flexibility index (Phi) is 7.21. The van der Waals surface area contributed by atoms with Crippen molar-refractivity contribution >= 4 is 76.3 Å². The molecule has 0 aliphatic rings. The summed E-state index contributed by atoms with van der Waals surface area (Å²) in [6, 6.07) is 70.3. The molecule has 0 spiro atoms. The lowest BCUT2D eigenvalue weighted by Gasteiger charge is -2.16. The van der Waals surface area contributed by atoms with Gasteiger partial charge in [0.05, 0.1) is 33.3 Å². The highest BCUT2D eigenvalue weighted by molar-refractivity contribution is 6.17. The van der Waals surface area contributed by atoms with E-state index >= 15 is 0 Å². The summed E-state index contributed by atoms with van der Waals surface area (Å²) in [5, 5.41) is 8.93. The highest BCUT2D eigenvalue weighted by Crippen LogP contribution is 2.44. The Morgan fingerprint density at radius 3 is 1.67 bits per heavy atom. The van der Waals surface area contributed by atoms with Crippen LogP contribution in [0.25, 0.3) is 122 Å². The molecule has 0 amide bonds. The van der Waals surface area contributed by atoms with Crippen LogP contribution < -0.4 is 0 Å². The van der Waals surface area contributed by atoms with Crippen LogP contribution in [0.15, 0.2) is 205 Å². The first-order valence-electron chi connectivity index (χ1n) is 20.5. The molecule has 4 heterocycles. The van der Waals surface area contributed by atoms with Crippen molar-refractivity contribution in [1.29, 1.82) is 0 Å². The summed E-state index contributed by atoms with van der Waals surface area (Å²) < 4.78 is 11.2. The molecule has 0 unspecified atom stereocenters. The molecule has 6 nitrogen and oxygen atoms in total. The van der Waals surface area contributed by atoms with Crippen molar-refractivity contribution in [2.24, 2.45) is 0 Å². The molecule has 0 radical (unpaired) electrons. The van der Waals surface area contributed by atoms with Gasteiger partial charge in [-0.3, -0.25) is 4.57 Å². The van der Waals surface area contributed by atoms with Crippen LogP contribution in [0.4, 0.5) is 0 Å². The molecule has 0 aliphatic heterocycles. The Bertz CT molecular complexity index is 3840. The van der Waals surface area contributed by atoms with Gasteiger partial charge in [-0.15, -0.1) is 0 Å².